The number of nitrogens with one attached hydrogen (secondary N) is 2. The first kappa shape index (κ1) is 20.9. The van der Waals surface area contributed by atoms with Gasteiger partial charge in [0.1, 0.15) is 0 Å². The molecule has 8 heteroatoms. The van der Waals surface area contributed by atoms with Crippen molar-refractivity contribution in [3.8, 4) is 0 Å². The highest BCUT2D eigenvalue weighted by atomic mass is 16.6. The number of nitrogens with zero attached hydrogens (tertiary/aromatic N) is 3. The number of benzene rings is 2. The van der Waals surface area contributed by atoms with Crippen LogP contribution in [-0.4, -0.2) is 49.4 Å². The summed E-state index contributed by atoms with van der Waals surface area (Å²) < 4.78 is 0. The van der Waals surface area contributed by atoms with Gasteiger partial charge < -0.3 is 15.5 Å². The van der Waals surface area contributed by atoms with E-state index in [-0.39, 0.29) is 11.6 Å². The first-order valence-corrected chi connectivity index (χ1v) is 8.89. The third-order valence-electron chi connectivity index (χ3n) is 4.12. The van der Waals surface area contributed by atoms with Gasteiger partial charge in [-0.15, -0.1) is 0 Å². The Bertz CT molecular complexity index is 847. The number of rotatable bonds is 7. The molecule has 148 valence electrons. The lowest BCUT2D eigenvalue weighted by atomic mass is 10.1. The first-order chi connectivity index (χ1) is 13.4. The Balaban J connectivity index is 1.83. The number of aliphatic imine (C=N–C) groups is 1. The molecule has 2 aromatic rings. The summed E-state index contributed by atoms with van der Waals surface area (Å²) >= 11 is 0. The van der Waals surface area contributed by atoms with Crippen molar-refractivity contribution in [3.05, 3.63) is 75.3 Å². The quantitative estimate of drug-likeness (QED) is 0.330. The largest absolute Gasteiger partial charge is 0.356 e. The summed E-state index contributed by atoms with van der Waals surface area (Å²) in [5, 5.41) is 17.1. The fourth-order valence-corrected chi connectivity index (χ4v) is 2.59. The second-order valence-electron chi connectivity index (χ2n) is 6.43. The van der Waals surface area contributed by atoms with Crippen molar-refractivity contribution in [2.45, 2.75) is 13.0 Å². The highest BCUT2D eigenvalue weighted by Crippen LogP contribution is 2.11. The Morgan fingerprint density at radius 3 is 2.43 bits per heavy atom. The van der Waals surface area contributed by atoms with Gasteiger partial charge in [0.15, 0.2) is 5.96 Å². The van der Waals surface area contributed by atoms with Gasteiger partial charge >= 0.3 is 0 Å². The van der Waals surface area contributed by atoms with E-state index >= 15 is 0 Å². The van der Waals surface area contributed by atoms with Gasteiger partial charge in [-0.05, 0) is 29.7 Å². The van der Waals surface area contributed by atoms with E-state index in [4.69, 9.17) is 0 Å². The van der Waals surface area contributed by atoms with E-state index in [1.807, 2.05) is 24.3 Å². The number of nitro benzene ring substituents is 1. The van der Waals surface area contributed by atoms with Crippen LogP contribution >= 0.6 is 0 Å². The second kappa shape index (κ2) is 10.1. The monoisotopic (exact) mass is 383 g/mol. The zero-order valence-corrected chi connectivity index (χ0v) is 16.3. The van der Waals surface area contributed by atoms with E-state index in [9.17, 15) is 14.9 Å². The summed E-state index contributed by atoms with van der Waals surface area (Å²) in [6.07, 6.45) is 0.743. The van der Waals surface area contributed by atoms with E-state index in [0.29, 0.717) is 24.6 Å². The van der Waals surface area contributed by atoms with Gasteiger partial charge in [0.2, 0.25) is 0 Å². The smallest absolute Gasteiger partial charge is 0.269 e. The molecule has 2 N–H and O–H groups in total. The fraction of sp³-hybridized carbons (Fsp3) is 0.300. The average Bonchev–Trinajstić information content (AvgIpc) is 2.70. The van der Waals surface area contributed by atoms with Gasteiger partial charge in [0, 0.05) is 51.9 Å². The van der Waals surface area contributed by atoms with Crippen molar-refractivity contribution in [3.63, 3.8) is 0 Å². The second-order valence-corrected chi connectivity index (χ2v) is 6.43. The molecule has 2 aromatic carbocycles. The van der Waals surface area contributed by atoms with Crippen LogP contribution in [-0.2, 0) is 13.0 Å². The summed E-state index contributed by atoms with van der Waals surface area (Å²) in [6.45, 7) is 1.16. The number of carbonyl (C=O) groups is 1. The van der Waals surface area contributed by atoms with Crippen LogP contribution in [0.4, 0.5) is 5.69 Å². The summed E-state index contributed by atoms with van der Waals surface area (Å²) in [6, 6.07) is 14.0. The molecule has 1 amide bonds. The third kappa shape index (κ3) is 6.08. The minimum atomic E-state index is -0.418. The van der Waals surface area contributed by atoms with Gasteiger partial charge in [0.25, 0.3) is 11.6 Å². The van der Waals surface area contributed by atoms with Crippen LogP contribution in [0.3, 0.4) is 0 Å². The van der Waals surface area contributed by atoms with Gasteiger partial charge in [-0.3, -0.25) is 19.9 Å². The van der Waals surface area contributed by atoms with Crippen molar-refractivity contribution in [1.82, 2.24) is 15.5 Å². The maximum absolute atomic E-state index is 12.0. The molecule has 0 aromatic heterocycles. The number of carbonyl (C=O) groups excluding carboxylic acids is 1. The topological polar surface area (TPSA) is 99.9 Å². The summed E-state index contributed by atoms with van der Waals surface area (Å²) in [5.74, 6) is 0.620. The number of hydrogen-bond donors (Lipinski definition) is 2. The van der Waals surface area contributed by atoms with Crippen LogP contribution in [0.5, 0.6) is 0 Å². The molecule has 2 rings (SSSR count). The predicted molar refractivity (Wildman–Crippen MR) is 109 cm³/mol. The minimum absolute atomic E-state index is 0.0182. The molecular weight excluding hydrogens is 358 g/mol. The Morgan fingerprint density at radius 2 is 1.82 bits per heavy atom. The lowest BCUT2D eigenvalue weighted by Crippen LogP contribution is -2.37. The lowest BCUT2D eigenvalue weighted by Gasteiger charge is -2.13. The van der Waals surface area contributed by atoms with Crippen molar-refractivity contribution in [1.29, 1.82) is 0 Å². The number of hydrogen-bond acceptors (Lipinski definition) is 4. The Labute approximate surface area is 164 Å². The molecule has 0 atom stereocenters. The highest BCUT2D eigenvalue weighted by Gasteiger charge is 2.08. The van der Waals surface area contributed by atoms with Crippen LogP contribution in [0.1, 0.15) is 21.5 Å². The van der Waals surface area contributed by atoms with E-state index < -0.39 is 4.92 Å². The van der Waals surface area contributed by atoms with Crippen LogP contribution in [0.15, 0.2) is 53.5 Å². The zero-order chi connectivity index (χ0) is 20.5. The van der Waals surface area contributed by atoms with E-state index in [2.05, 4.69) is 15.6 Å². The van der Waals surface area contributed by atoms with Gasteiger partial charge in [-0.1, -0.05) is 24.3 Å². The van der Waals surface area contributed by atoms with Gasteiger partial charge in [-0.25, -0.2) is 0 Å². The number of amides is 1. The molecule has 0 aliphatic rings. The molecule has 0 unspecified atom stereocenters. The molecule has 0 aliphatic carbocycles. The van der Waals surface area contributed by atoms with Crippen molar-refractivity contribution in [2.75, 3.05) is 27.7 Å². The summed E-state index contributed by atoms with van der Waals surface area (Å²) in [5.41, 5.74) is 2.72. The fourth-order valence-electron chi connectivity index (χ4n) is 2.59. The Hall–Kier alpha value is -3.42. The van der Waals surface area contributed by atoms with Gasteiger partial charge in [0.05, 0.1) is 4.92 Å². The maximum Gasteiger partial charge on any atom is 0.269 e. The zero-order valence-electron chi connectivity index (χ0n) is 16.3. The molecule has 0 saturated carbocycles. The van der Waals surface area contributed by atoms with Gasteiger partial charge in [-0.2, -0.15) is 0 Å². The molecular formula is C20H25N5O3. The van der Waals surface area contributed by atoms with Crippen molar-refractivity contribution in [2.24, 2.45) is 4.99 Å². The molecule has 0 heterocycles. The normalized spacial score (nSPS) is 11.0. The Kier molecular flexibility index (Phi) is 7.50. The predicted octanol–water partition coefficient (Wildman–Crippen LogP) is 2.20. The molecule has 0 saturated heterocycles. The lowest BCUT2D eigenvalue weighted by molar-refractivity contribution is -0.384. The standard InChI is InChI=1S/C20H25N5O3/c1-21-20(23-14-16-7-9-18(10-8-16)25(27)28)22-12-11-15-5-4-6-17(13-15)19(26)24(2)3/h4-10,13H,11-12,14H2,1-3H3,(H2,21,22,23). The highest BCUT2D eigenvalue weighted by molar-refractivity contribution is 5.94. The molecule has 0 fully saturated rings. The van der Waals surface area contributed by atoms with Crippen LogP contribution < -0.4 is 10.6 Å². The van der Waals surface area contributed by atoms with E-state index in [1.54, 1.807) is 38.2 Å². The Morgan fingerprint density at radius 1 is 1.11 bits per heavy atom. The molecule has 0 spiro atoms. The van der Waals surface area contributed by atoms with E-state index in [0.717, 1.165) is 17.5 Å². The molecule has 0 radical (unpaired) electrons. The molecule has 0 aliphatic heterocycles. The SMILES string of the molecule is CN=C(NCCc1cccc(C(=O)N(C)C)c1)NCc1ccc([N+](=O)[O-])cc1. The molecule has 8 nitrogen and oxygen atoms in total. The molecule has 28 heavy (non-hydrogen) atoms. The maximum atomic E-state index is 12.0. The summed E-state index contributed by atoms with van der Waals surface area (Å²) in [4.78, 5) is 28.1. The van der Waals surface area contributed by atoms with Crippen LogP contribution in [0.25, 0.3) is 0 Å². The van der Waals surface area contributed by atoms with Crippen LogP contribution in [0.2, 0.25) is 0 Å². The number of guanidine groups is 1. The van der Waals surface area contributed by atoms with E-state index in [1.165, 1.54) is 12.1 Å². The minimum Gasteiger partial charge on any atom is -0.356 e. The first-order valence-electron chi connectivity index (χ1n) is 8.89. The number of non-ortho nitro benzene ring substituents is 1. The van der Waals surface area contributed by atoms with Crippen molar-refractivity contribution >= 4 is 17.6 Å². The number of nitro groups is 1. The van der Waals surface area contributed by atoms with Crippen molar-refractivity contribution < 1.29 is 9.72 Å². The average molecular weight is 383 g/mol. The molecule has 0 bridgehead atoms. The summed E-state index contributed by atoms with van der Waals surface area (Å²) in [7, 11) is 5.15. The third-order valence-corrected chi connectivity index (χ3v) is 4.12. The van der Waals surface area contributed by atoms with Crippen LogP contribution in [0, 0.1) is 10.1 Å².